The van der Waals surface area contributed by atoms with Crippen LogP contribution in [0.5, 0.6) is 0 Å². The van der Waals surface area contributed by atoms with Crippen LogP contribution in [0.4, 0.5) is 0 Å². The van der Waals surface area contributed by atoms with Crippen molar-refractivity contribution in [2.24, 2.45) is 0 Å². The highest BCUT2D eigenvalue weighted by molar-refractivity contribution is 7.66. The molecule has 2 rings (SSSR count). The molecular formula is C23H43O2P. The lowest BCUT2D eigenvalue weighted by Crippen LogP contribution is -2.16. The molecule has 0 saturated carbocycles. The van der Waals surface area contributed by atoms with E-state index >= 15 is 0 Å². The summed E-state index contributed by atoms with van der Waals surface area (Å²) >= 11 is 0. The van der Waals surface area contributed by atoms with Gasteiger partial charge in [0.25, 0.3) is 7.37 Å². The van der Waals surface area contributed by atoms with Gasteiger partial charge in [0.05, 0.1) is 5.30 Å². The lowest BCUT2D eigenvalue weighted by Gasteiger charge is -2.26. The molecule has 1 aliphatic heterocycles. The van der Waals surface area contributed by atoms with Gasteiger partial charge in [0, 0.05) is 12.2 Å². The Labute approximate surface area is 164 Å². The first-order valence-corrected chi connectivity index (χ1v) is 12.3. The molecule has 0 N–H and O–H groups in total. The van der Waals surface area contributed by atoms with Crippen molar-refractivity contribution in [1.29, 1.82) is 0 Å². The van der Waals surface area contributed by atoms with E-state index in [0.29, 0.717) is 0 Å². The molecule has 0 fully saturated rings. The molecule has 1 atom stereocenters. The summed E-state index contributed by atoms with van der Waals surface area (Å²) in [5.74, 6) is 0.739. The number of unbranched alkanes of at least 4 members (excludes halogenated alkanes) is 1. The molecule has 0 bridgehead atoms. The minimum atomic E-state index is -2.69. The van der Waals surface area contributed by atoms with Crippen LogP contribution in [0.1, 0.15) is 87.6 Å². The van der Waals surface area contributed by atoms with E-state index < -0.39 is 7.37 Å². The maximum Gasteiger partial charge on any atom is 0.274 e. The number of hydrogen-bond donors (Lipinski definition) is 0. The molecule has 1 aromatic carbocycles. The van der Waals surface area contributed by atoms with Gasteiger partial charge in [-0.15, -0.1) is 0 Å². The fourth-order valence-electron chi connectivity index (χ4n) is 1.98. The van der Waals surface area contributed by atoms with Gasteiger partial charge in [-0.2, -0.15) is 0 Å². The summed E-state index contributed by atoms with van der Waals surface area (Å²) in [5, 5.41) is 0.814. The SMILES string of the molecule is C/C=C\C1=C(C)OP(C)(=O)c2ccccc21.CC.CC.CC.CCCC. The third kappa shape index (κ3) is 10.0. The molecule has 0 aromatic heterocycles. The predicted molar refractivity (Wildman–Crippen MR) is 123 cm³/mol. The molecule has 152 valence electrons. The Morgan fingerprint density at radius 2 is 1.42 bits per heavy atom. The average Bonchev–Trinajstić information content (AvgIpc) is 2.70. The number of fused-ring (bicyclic) bond motifs is 1. The van der Waals surface area contributed by atoms with Gasteiger partial charge in [0.15, 0.2) is 0 Å². The van der Waals surface area contributed by atoms with Crippen LogP contribution < -0.4 is 5.30 Å². The van der Waals surface area contributed by atoms with Gasteiger partial charge < -0.3 is 4.52 Å². The minimum absolute atomic E-state index is 0.739. The maximum atomic E-state index is 12.3. The normalized spacial score (nSPS) is 16.9. The van der Waals surface area contributed by atoms with Crippen LogP contribution in [0.25, 0.3) is 5.57 Å². The van der Waals surface area contributed by atoms with E-state index in [-0.39, 0.29) is 0 Å². The fourth-order valence-corrected chi connectivity index (χ4v) is 3.69. The van der Waals surface area contributed by atoms with E-state index in [1.165, 1.54) is 12.8 Å². The Kier molecular flexibility index (Phi) is 21.0. The van der Waals surface area contributed by atoms with E-state index in [0.717, 1.165) is 22.2 Å². The van der Waals surface area contributed by atoms with E-state index in [2.05, 4.69) is 13.8 Å². The standard InChI is InChI=1S/C13H15O2P.C4H10.3C2H6/c1-4-7-11-10(2)15-16(3,14)13-9-6-5-8-12(11)13;1-3-4-2;3*1-2/h4-9H,1-3H3;3-4H2,1-2H3;3*1-2H3/b7-4-;;;;. The molecule has 26 heavy (non-hydrogen) atoms. The summed E-state index contributed by atoms with van der Waals surface area (Å²) < 4.78 is 17.9. The molecule has 1 unspecified atom stereocenters. The van der Waals surface area contributed by atoms with Crippen molar-refractivity contribution in [3.05, 3.63) is 47.7 Å². The first-order valence-electron chi connectivity index (χ1n) is 10.2. The second kappa shape index (κ2) is 18.5. The molecule has 3 heteroatoms. The molecule has 0 radical (unpaired) electrons. The molecule has 1 heterocycles. The molecule has 0 saturated heterocycles. The lowest BCUT2D eigenvalue weighted by molar-refractivity contribution is 0.419. The third-order valence-electron chi connectivity index (χ3n) is 3.16. The Bertz CT molecular complexity index is 555. The topological polar surface area (TPSA) is 26.3 Å². The van der Waals surface area contributed by atoms with Crippen LogP contribution in [0, 0.1) is 0 Å². The Balaban J connectivity index is -0.000000451. The summed E-state index contributed by atoms with van der Waals surface area (Å²) in [6, 6.07) is 7.73. The fraction of sp³-hybridized carbons (Fsp3) is 0.565. The van der Waals surface area contributed by atoms with Gasteiger partial charge in [-0.25, -0.2) is 0 Å². The van der Waals surface area contributed by atoms with Gasteiger partial charge in [0.1, 0.15) is 5.76 Å². The van der Waals surface area contributed by atoms with Gasteiger partial charge in [-0.1, -0.05) is 98.6 Å². The highest BCUT2D eigenvalue weighted by Crippen LogP contribution is 2.50. The van der Waals surface area contributed by atoms with Crippen LogP contribution in [-0.4, -0.2) is 6.66 Å². The molecule has 0 amide bonds. The van der Waals surface area contributed by atoms with Gasteiger partial charge in [0.2, 0.25) is 0 Å². The van der Waals surface area contributed by atoms with Crippen LogP contribution in [0.3, 0.4) is 0 Å². The zero-order valence-electron chi connectivity index (χ0n) is 19.1. The molecule has 0 aliphatic carbocycles. The number of allylic oxidation sites excluding steroid dienone is 4. The Hall–Kier alpha value is -1.27. The molecule has 1 aliphatic rings. The summed E-state index contributed by atoms with van der Waals surface area (Å²) in [5.41, 5.74) is 2.04. The quantitative estimate of drug-likeness (QED) is 0.480. The van der Waals surface area contributed by atoms with Gasteiger partial charge >= 0.3 is 0 Å². The predicted octanol–water partition coefficient (Wildman–Crippen LogP) is 8.44. The van der Waals surface area contributed by atoms with Crippen LogP contribution in [0.15, 0.2) is 42.2 Å². The summed E-state index contributed by atoms with van der Waals surface area (Å²) in [6.45, 7) is 21.9. The lowest BCUT2D eigenvalue weighted by atomic mass is 10.0. The second-order valence-corrected chi connectivity index (χ2v) is 7.28. The van der Waals surface area contributed by atoms with Crippen molar-refractivity contribution in [3.8, 4) is 0 Å². The highest BCUT2D eigenvalue weighted by atomic mass is 31.2. The van der Waals surface area contributed by atoms with E-state index in [4.69, 9.17) is 4.52 Å². The number of rotatable bonds is 2. The largest absolute Gasteiger partial charge is 0.444 e. The van der Waals surface area contributed by atoms with Crippen molar-refractivity contribution < 1.29 is 9.09 Å². The molecular weight excluding hydrogens is 339 g/mol. The Morgan fingerprint density at radius 3 is 1.85 bits per heavy atom. The third-order valence-corrected chi connectivity index (χ3v) is 5.04. The average molecular weight is 383 g/mol. The van der Waals surface area contributed by atoms with Crippen LogP contribution in [0.2, 0.25) is 0 Å². The van der Waals surface area contributed by atoms with Crippen LogP contribution in [-0.2, 0) is 9.09 Å². The van der Waals surface area contributed by atoms with E-state index in [9.17, 15) is 4.57 Å². The number of hydrogen-bond acceptors (Lipinski definition) is 2. The van der Waals surface area contributed by atoms with Crippen molar-refractivity contribution in [2.45, 2.75) is 82.1 Å². The zero-order valence-corrected chi connectivity index (χ0v) is 20.0. The Morgan fingerprint density at radius 1 is 0.962 bits per heavy atom. The zero-order chi connectivity index (χ0) is 21.2. The summed E-state index contributed by atoms with van der Waals surface area (Å²) in [4.78, 5) is 0. The van der Waals surface area contributed by atoms with Crippen molar-refractivity contribution in [2.75, 3.05) is 6.66 Å². The molecule has 0 spiro atoms. The first-order chi connectivity index (χ1) is 12.5. The van der Waals surface area contributed by atoms with Gasteiger partial charge in [-0.3, -0.25) is 4.57 Å². The first kappa shape index (κ1) is 29.5. The summed E-state index contributed by atoms with van der Waals surface area (Å²) in [6.07, 6.45) is 6.60. The summed E-state index contributed by atoms with van der Waals surface area (Å²) in [7, 11) is -2.69. The van der Waals surface area contributed by atoms with E-state index in [1.54, 1.807) is 6.66 Å². The van der Waals surface area contributed by atoms with Crippen LogP contribution >= 0.6 is 7.37 Å². The maximum absolute atomic E-state index is 12.3. The minimum Gasteiger partial charge on any atom is -0.444 e. The van der Waals surface area contributed by atoms with E-state index in [1.807, 2.05) is 91.8 Å². The molecule has 1 aromatic rings. The second-order valence-electron chi connectivity index (χ2n) is 4.92. The number of benzene rings is 1. The van der Waals surface area contributed by atoms with Gasteiger partial charge in [-0.05, 0) is 25.5 Å². The van der Waals surface area contributed by atoms with Crippen molar-refractivity contribution >= 4 is 18.2 Å². The molecule has 2 nitrogen and oxygen atoms in total. The van der Waals surface area contributed by atoms with Crippen molar-refractivity contribution in [3.63, 3.8) is 0 Å². The monoisotopic (exact) mass is 382 g/mol. The van der Waals surface area contributed by atoms with Crippen molar-refractivity contribution in [1.82, 2.24) is 0 Å². The highest BCUT2D eigenvalue weighted by Gasteiger charge is 2.30. The smallest absolute Gasteiger partial charge is 0.274 e.